The lowest BCUT2D eigenvalue weighted by atomic mass is 9.67. The summed E-state index contributed by atoms with van der Waals surface area (Å²) in [6.07, 6.45) is 48.8. The summed E-state index contributed by atoms with van der Waals surface area (Å²) in [5.74, 6) is 12.0. The maximum Gasteiger partial charge on any atom is 0.140 e. The van der Waals surface area contributed by atoms with Gasteiger partial charge in [0.1, 0.15) is 17.6 Å². The molecule has 0 atom stereocenters. The van der Waals surface area contributed by atoms with Crippen molar-refractivity contribution in [2.24, 2.45) is 0 Å². The molecule has 3 aliphatic rings. The number of hydrogen-bond donors (Lipinski definition) is 0. The van der Waals surface area contributed by atoms with Crippen molar-refractivity contribution in [3.05, 3.63) is 214 Å². The van der Waals surface area contributed by atoms with Crippen LogP contribution in [0.2, 0.25) is 0 Å². The maximum absolute atomic E-state index is 6.57. The van der Waals surface area contributed by atoms with E-state index in [0.29, 0.717) is 12.4 Å². The number of benzene rings is 8. The lowest BCUT2D eigenvalue weighted by Gasteiger charge is -2.35. The first kappa shape index (κ1) is 70.4. The predicted molar refractivity (Wildman–Crippen MR) is 414 cm³/mol. The molecule has 0 aliphatic heterocycles. The second-order valence-corrected chi connectivity index (χ2v) is 28.8. The number of ether oxygens (including phenoxy) is 2. The fraction of sp³-hybridized carbons (Fsp3) is 0.432. The van der Waals surface area contributed by atoms with Gasteiger partial charge in [0.15, 0.2) is 0 Å². The minimum absolute atomic E-state index is 0.0328. The Balaban J connectivity index is 1.07. The lowest BCUT2D eigenvalue weighted by Crippen LogP contribution is -2.28. The van der Waals surface area contributed by atoms with Crippen molar-refractivity contribution in [2.45, 2.75) is 256 Å². The summed E-state index contributed by atoms with van der Waals surface area (Å²) < 4.78 is 12.6. The van der Waals surface area contributed by atoms with Crippen molar-refractivity contribution in [2.75, 3.05) is 6.61 Å². The molecule has 0 aromatic heterocycles. The van der Waals surface area contributed by atoms with Crippen molar-refractivity contribution in [1.29, 1.82) is 0 Å². The highest BCUT2D eigenvalue weighted by Gasteiger charge is 2.48. The van der Waals surface area contributed by atoms with Crippen molar-refractivity contribution in [3.8, 4) is 103 Å². The van der Waals surface area contributed by atoms with E-state index in [0.717, 1.165) is 17.7 Å². The Morgan fingerprint density at radius 1 is 0.299 bits per heavy atom. The number of hydrogen-bond acceptors (Lipinski definition) is 2. The highest BCUT2D eigenvalue weighted by Crippen LogP contribution is 2.61. The van der Waals surface area contributed by atoms with Crippen LogP contribution in [0.25, 0.3) is 55.6 Å². The van der Waals surface area contributed by atoms with E-state index >= 15 is 0 Å². The molecule has 8 aromatic carbocycles. The van der Waals surface area contributed by atoms with Gasteiger partial charge in [0, 0.05) is 22.7 Å². The van der Waals surface area contributed by atoms with Crippen LogP contribution >= 0.6 is 0 Å². The molecule has 0 bridgehead atoms. The smallest absolute Gasteiger partial charge is 0.140 e. The van der Waals surface area contributed by atoms with E-state index < -0.39 is 5.41 Å². The third kappa shape index (κ3) is 15.7. The molecule has 0 radical (unpaired) electrons. The average Bonchev–Trinajstić information content (AvgIpc) is 1.55. The second-order valence-electron chi connectivity index (χ2n) is 28.8. The topological polar surface area (TPSA) is 18.5 Å². The Bertz CT molecular complexity index is 3810. The second kappa shape index (κ2) is 35.0. The first-order valence-electron chi connectivity index (χ1n) is 38.6. The molecule has 3 aliphatic carbocycles. The van der Waals surface area contributed by atoms with Crippen molar-refractivity contribution >= 4 is 0 Å². The zero-order chi connectivity index (χ0) is 67.1. The molecule has 11 rings (SSSR count). The van der Waals surface area contributed by atoms with E-state index in [1.807, 2.05) is 0 Å². The van der Waals surface area contributed by atoms with Gasteiger partial charge < -0.3 is 9.47 Å². The molecular weight excluding hydrogens is 1170 g/mol. The van der Waals surface area contributed by atoms with Crippen molar-refractivity contribution in [1.82, 2.24) is 0 Å². The molecule has 2 heteroatoms. The molecule has 0 saturated heterocycles. The minimum atomic E-state index is -0.753. The highest BCUT2D eigenvalue weighted by atomic mass is 16.5. The van der Waals surface area contributed by atoms with Crippen LogP contribution in [0.3, 0.4) is 0 Å². The molecule has 0 spiro atoms. The lowest BCUT2D eigenvalue weighted by molar-refractivity contribution is 0.305. The molecule has 2 nitrogen and oxygen atoms in total. The van der Waals surface area contributed by atoms with E-state index in [2.05, 4.69) is 234 Å². The molecule has 8 aromatic rings. The first-order valence-corrected chi connectivity index (χ1v) is 38.6. The van der Waals surface area contributed by atoms with Crippen LogP contribution in [0.1, 0.15) is 285 Å². The summed E-state index contributed by atoms with van der Waals surface area (Å²) in [4.78, 5) is 0. The molecule has 0 fully saturated rings. The Labute approximate surface area is 586 Å². The van der Waals surface area contributed by atoms with Gasteiger partial charge >= 0.3 is 0 Å². The van der Waals surface area contributed by atoms with Gasteiger partial charge in [0.25, 0.3) is 0 Å². The summed E-state index contributed by atoms with van der Waals surface area (Å²) in [5.41, 5.74) is 23.5. The number of rotatable bonds is 39. The predicted octanol–water partition coefficient (Wildman–Crippen LogP) is 26.9. The average molecular weight is 1280 g/mol. The van der Waals surface area contributed by atoms with Gasteiger partial charge in [-0.1, -0.05) is 329 Å². The Hall–Kier alpha value is -7.96. The summed E-state index contributed by atoms with van der Waals surface area (Å²) in [5, 5.41) is 0. The van der Waals surface area contributed by atoms with Crippen LogP contribution in [0, 0.1) is 36.2 Å². The third-order valence-electron chi connectivity index (χ3n) is 22.4. The van der Waals surface area contributed by atoms with Gasteiger partial charge in [0.2, 0.25) is 0 Å². The van der Waals surface area contributed by atoms with Gasteiger partial charge in [0.05, 0.1) is 12.0 Å². The highest BCUT2D eigenvalue weighted by molar-refractivity contribution is 5.92. The van der Waals surface area contributed by atoms with E-state index in [4.69, 9.17) is 15.9 Å². The van der Waals surface area contributed by atoms with Gasteiger partial charge in [-0.05, 0) is 193 Å². The molecule has 97 heavy (non-hydrogen) atoms. The van der Waals surface area contributed by atoms with Gasteiger partial charge in [-0.15, -0.1) is 6.42 Å². The first-order chi connectivity index (χ1) is 47.9. The molecular formula is C95H110O2. The molecule has 0 saturated carbocycles. The zero-order valence-corrected chi connectivity index (χ0v) is 59.9. The summed E-state index contributed by atoms with van der Waals surface area (Å²) in [7, 11) is 0. The molecule has 502 valence electrons. The van der Waals surface area contributed by atoms with Gasteiger partial charge in [-0.3, -0.25) is 0 Å². The largest absolute Gasteiger partial charge is 0.494 e. The van der Waals surface area contributed by atoms with Crippen molar-refractivity contribution < 1.29 is 9.47 Å². The molecule has 0 heterocycles. The fourth-order valence-electron chi connectivity index (χ4n) is 17.4. The monoisotopic (exact) mass is 1280 g/mol. The van der Waals surface area contributed by atoms with Crippen LogP contribution in [-0.4, -0.2) is 6.61 Å². The van der Waals surface area contributed by atoms with Crippen LogP contribution in [0.4, 0.5) is 0 Å². The van der Waals surface area contributed by atoms with Crippen molar-refractivity contribution in [3.63, 3.8) is 0 Å². The number of unbranched alkanes of at least 4 members (excludes halogenated alkanes) is 23. The van der Waals surface area contributed by atoms with Crippen LogP contribution in [-0.2, 0) is 16.2 Å². The molecule has 0 amide bonds. The fourth-order valence-corrected chi connectivity index (χ4v) is 17.4. The zero-order valence-electron chi connectivity index (χ0n) is 59.9. The van der Waals surface area contributed by atoms with E-state index in [9.17, 15) is 0 Å². The minimum Gasteiger partial charge on any atom is -0.494 e. The standard InChI is InChI=1S/C95H110O2/c1-7-13-19-25-29-37-63-93(64-38-30-26-20-14-8-2)87-45-35-33-43-81(87)83-59-47-73(69-89(83)93)75-49-61-85-86-62-50-76(74-48-60-84-82-44-34-36-46-88(82)94(90(84)70-74,65-39-31-27-21-15-9-3)66-40-32-28-22-16-10-4)72-92(86)95(91(85)71-75,77-51-55-79(56-52-77)96-67-41-23-17-11-5)78-53-57-80(58-54-78)97-68-42-24-18-12-6/h5,33-36,43-62,69-72H,7-10,12-16,18-22,24-32,37-40,42,63-66,68H2,1-4,6H3. The van der Waals surface area contributed by atoms with Crippen LogP contribution in [0.5, 0.6) is 11.5 Å². The normalized spacial score (nSPS) is 13.6. The number of fused-ring (bicyclic) bond motifs is 9. The maximum atomic E-state index is 6.57. The summed E-state index contributed by atoms with van der Waals surface area (Å²) in [6.45, 7) is 12.3. The summed E-state index contributed by atoms with van der Waals surface area (Å²) >= 11 is 0. The Kier molecular flexibility index (Phi) is 25.4. The van der Waals surface area contributed by atoms with Gasteiger partial charge in [-0.2, -0.15) is 0 Å². The van der Waals surface area contributed by atoms with E-state index in [-0.39, 0.29) is 10.8 Å². The van der Waals surface area contributed by atoms with E-state index in [1.165, 1.54) is 282 Å². The SMILES string of the molecule is C#CC#CC#COc1ccc(C2(c3ccc(OCCCCCC)cc3)c3cc(-c4ccc5c(c4)C(CCCCCCCC)(CCCCCCCC)c4ccccc4-5)ccc3-c3ccc(-c4ccc5c(c4)C(CCCCCCCC)(CCCCCCCC)c4ccccc4-5)cc32)cc1. The third-order valence-corrected chi connectivity index (χ3v) is 22.4. The number of terminal acetylenes is 1. The molecule has 0 unspecified atom stereocenters. The van der Waals surface area contributed by atoms with Crippen LogP contribution in [0.15, 0.2) is 170 Å². The Morgan fingerprint density at radius 3 is 1.02 bits per heavy atom. The summed E-state index contributed by atoms with van der Waals surface area (Å²) in [6, 6.07) is 66.9. The Morgan fingerprint density at radius 2 is 0.629 bits per heavy atom. The van der Waals surface area contributed by atoms with E-state index in [1.54, 1.807) is 11.1 Å². The molecule has 0 N–H and O–H groups in total. The van der Waals surface area contributed by atoms with Gasteiger partial charge in [-0.25, -0.2) is 0 Å². The van der Waals surface area contributed by atoms with Crippen LogP contribution < -0.4 is 9.47 Å². The quantitative estimate of drug-likeness (QED) is 0.0282.